The molecule has 6 nitrogen and oxygen atoms in total. The third-order valence-electron chi connectivity index (χ3n) is 6.65. The van der Waals surface area contributed by atoms with Gasteiger partial charge in [0, 0.05) is 16.7 Å². The molecular formula is C30H23BrN4O2. The van der Waals surface area contributed by atoms with Crippen molar-refractivity contribution >= 4 is 27.1 Å². The van der Waals surface area contributed by atoms with Crippen LogP contribution in [0.4, 0.5) is 0 Å². The van der Waals surface area contributed by atoms with Crippen molar-refractivity contribution in [2.45, 2.75) is 19.0 Å². The first-order valence-electron chi connectivity index (χ1n) is 11.9. The molecule has 182 valence electrons. The summed E-state index contributed by atoms with van der Waals surface area (Å²) in [5, 5.41) is 4.15. The van der Waals surface area contributed by atoms with E-state index in [1.807, 2.05) is 78.2 Å². The third kappa shape index (κ3) is 3.83. The van der Waals surface area contributed by atoms with E-state index in [-0.39, 0.29) is 12.2 Å². The molecule has 0 radical (unpaired) electrons. The Kier molecular flexibility index (Phi) is 5.85. The SMILES string of the molecule is Cc1cc(Cn2c(=O)n(C(c3ccccc3)(c3ccccc3)c3ccccc3)c3ncc(Br)cc32)no1. The molecule has 0 aliphatic carbocycles. The van der Waals surface area contributed by atoms with Crippen LogP contribution in [-0.2, 0) is 12.1 Å². The highest BCUT2D eigenvalue weighted by molar-refractivity contribution is 9.10. The summed E-state index contributed by atoms with van der Waals surface area (Å²) in [6, 6.07) is 34.1. The van der Waals surface area contributed by atoms with Crippen molar-refractivity contribution in [1.29, 1.82) is 0 Å². The predicted octanol–water partition coefficient (Wildman–Crippen LogP) is 6.15. The minimum absolute atomic E-state index is 0.196. The third-order valence-corrected chi connectivity index (χ3v) is 7.08. The van der Waals surface area contributed by atoms with Gasteiger partial charge in [-0.05, 0) is 45.6 Å². The molecule has 0 atom stereocenters. The highest BCUT2D eigenvalue weighted by Gasteiger charge is 2.42. The molecule has 6 rings (SSSR count). The van der Waals surface area contributed by atoms with Crippen molar-refractivity contribution in [3.63, 3.8) is 0 Å². The van der Waals surface area contributed by atoms with Gasteiger partial charge in [0.25, 0.3) is 0 Å². The zero-order valence-electron chi connectivity index (χ0n) is 20.1. The maximum Gasteiger partial charge on any atom is 0.332 e. The molecule has 3 aromatic heterocycles. The van der Waals surface area contributed by atoms with Gasteiger partial charge in [-0.2, -0.15) is 0 Å². The van der Waals surface area contributed by atoms with Crippen LogP contribution in [0, 0.1) is 6.92 Å². The van der Waals surface area contributed by atoms with Crippen LogP contribution in [0.2, 0.25) is 0 Å². The van der Waals surface area contributed by atoms with Crippen LogP contribution in [0.5, 0.6) is 0 Å². The van der Waals surface area contributed by atoms with Crippen LogP contribution in [0.25, 0.3) is 11.2 Å². The fourth-order valence-electron chi connectivity index (χ4n) is 5.14. The summed E-state index contributed by atoms with van der Waals surface area (Å²) in [7, 11) is 0. The number of fused-ring (bicyclic) bond motifs is 1. The monoisotopic (exact) mass is 550 g/mol. The predicted molar refractivity (Wildman–Crippen MR) is 147 cm³/mol. The van der Waals surface area contributed by atoms with Crippen molar-refractivity contribution in [1.82, 2.24) is 19.3 Å². The number of pyridine rings is 1. The molecule has 0 N–H and O–H groups in total. The van der Waals surface area contributed by atoms with E-state index in [1.165, 1.54) is 0 Å². The lowest BCUT2D eigenvalue weighted by Crippen LogP contribution is -2.44. The quantitative estimate of drug-likeness (QED) is 0.233. The van der Waals surface area contributed by atoms with Crippen molar-refractivity contribution in [3.05, 3.63) is 152 Å². The zero-order chi connectivity index (χ0) is 25.4. The summed E-state index contributed by atoms with van der Waals surface area (Å²) in [4.78, 5) is 19.4. The minimum atomic E-state index is -0.981. The lowest BCUT2D eigenvalue weighted by atomic mass is 9.76. The van der Waals surface area contributed by atoms with Crippen LogP contribution in [0.3, 0.4) is 0 Å². The molecule has 0 saturated heterocycles. The van der Waals surface area contributed by atoms with E-state index in [9.17, 15) is 4.79 Å². The second kappa shape index (κ2) is 9.33. The minimum Gasteiger partial charge on any atom is -0.361 e. The number of hydrogen-bond donors (Lipinski definition) is 0. The lowest BCUT2D eigenvalue weighted by Gasteiger charge is -2.36. The molecule has 0 spiro atoms. The first-order chi connectivity index (χ1) is 18.1. The second-order valence-corrected chi connectivity index (χ2v) is 9.85. The largest absolute Gasteiger partial charge is 0.361 e. The van der Waals surface area contributed by atoms with Crippen LogP contribution in [0.15, 0.2) is 123 Å². The number of aromatic nitrogens is 4. The molecule has 0 aliphatic heterocycles. The summed E-state index contributed by atoms with van der Waals surface area (Å²) < 4.78 is 9.62. The Hall–Kier alpha value is -4.23. The van der Waals surface area contributed by atoms with Crippen molar-refractivity contribution in [2.24, 2.45) is 0 Å². The van der Waals surface area contributed by atoms with Gasteiger partial charge in [0.05, 0.1) is 12.1 Å². The van der Waals surface area contributed by atoms with E-state index in [0.29, 0.717) is 22.6 Å². The van der Waals surface area contributed by atoms with E-state index < -0.39 is 5.54 Å². The normalized spacial score (nSPS) is 11.7. The number of imidazole rings is 1. The first-order valence-corrected chi connectivity index (χ1v) is 12.7. The van der Waals surface area contributed by atoms with Crippen LogP contribution >= 0.6 is 15.9 Å². The molecular weight excluding hydrogens is 528 g/mol. The first kappa shape index (κ1) is 23.2. The smallest absolute Gasteiger partial charge is 0.332 e. The van der Waals surface area contributed by atoms with Gasteiger partial charge in [-0.3, -0.25) is 9.13 Å². The maximum absolute atomic E-state index is 14.6. The molecule has 0 bridgehead atoms. The molecule has 0 aliphatic rings. The van der Waals surface area contributed by atoms with Gasteiger partial charge in [0.2, 0.25) is 0 Å². The van der Waals surface area contributed by atoms with E-state index in [2.05, 4.69) is 57.5 Å². The van der Waals surface area contributed by atoms with Gasteiger partial charge in [-0.25, -0.2) is 9.78 Å². The molecule has 7 heteroatoms. The van der Waals surface area contributed by atoms with Crippen LogP contribution in [-0.4, -0.2) is 19.3 Å². The van der Waals surface area contributed by atoms with Gasteiger partial charge in [-0.1, -0.05) is 96.2 Å². The number of nitrogens with zero attached hydrogens (tertiary/aromatic N) is 4. The average Bonchev–Trinajstić information content (AvgIpc) is 3.47. The summed E-state index contributed by atoms with van der Waals surface area (Å²) in [6.07, 6.45) is 1.73. The summed E-state index contributed by atoms with van der Waals surface area (Å²) >= 11 is 3.55. The molecule has 0 amide bonds. The number of hydrogen-bond acceptors (Lipinski definition) is 4. The molecule has 0 fully saturated rings. The van der Waals surface area contributed by atoms with Gasteiger partial charge >= 0.3 is 5.69 Å². The summed E-state index contributed by atoms with van der Waals surface area (Å²) in [6.45, 7) is 2.10. The molecule has 6 aromatic rings. The number of halogens is 1. The number of rotatable bonds is 6. The maximum atomic E-state index is 14.6. The fraction of sp³-hybridized carbons (Fsp3) is 0.100. The molecule has 37 heavy (non-hydrogen) atoms. The van der Waals surface area contributed by atoms with Gasteiger partial charge in [-0.15, -0.1) is 0 Å². The van der Waals surface area contributed by atoms with Crippen LogP contribution < -0.4 is 5.69 Å². The van der Waals surface area contributed by atoms with Gasteiger partial charge in [0.1, 0.15) is 17.0 Å². The van der Waals surface area contributed by atoms with Gasteiger partial charge in [0.15, 0.2) is 5.65 Å². The molecule has 3 heterocycles. The zero-order valence-corrected chi connectivity index (χ0v) is 21.7. The Balaban J connectivity index is 1.78. The summed E-state index contributed by atoms with van der Waals surface area (Å²) in [5.74, 6) is 0.693. The average molecular weight is 551 g/mol. The second-order valence-electron chi connectivity index (χ2n) is 8.94. The Morgan fingerprint density at radius 1 is 0.838 bits per heavy atom. The van der Waals surface area contributed by atoms with Crippen LogP contribution in [0.1, 0.15) is 28.1 Å². The van der Waals surface area contributed by atoms with E-state index in [4.69, 9.17) is 9.51 Å². The van der Waals surface area contributed by atoms with E-state index in [1.54, 1.807) is 10.8 Å². The Morgan fingerprint density at radius 2 is 1.38 bits per heavy atom. The van der Waals surface area contributed by atoms with Crippen molar-refractivity contribution in [2.75, 3.05) is 0 Å². The Morgan fingerprint density at radius 3 is 1.86 bits per heavy atom. The Bertz CT molecular complexity index is 1640. The van der Waals surface area contributed by atoms with Gasteiger partial charge < -0.3 is 4.52 Å². The van der Waals surface area contributed by atoms with Crippen molar-refractivity contribution in [3.8, 4) is 0 Å². The standard InChI is InChI=1S/C30H23BrN4O2/c1-21-17-26(33-37-21)20-34-27-18-25(31)19-32-28(27)35(29(34)36)30(22-11-5-2-6-12-22,23-13-7-3-8-14-23)24-15-9-4-10-16-24/h2-19H,20H2,1H3. The van der Waals surface area contributed by atoms with E-state index >= 15 is 0 Å². The highest BCUT2D eigenvalue weighted by Crippen LogP contribution is 2.41. The van der Waals surface area contributed by atoms with Crippen molar-refractivity contribution < 1.29 is 4.52 Å². The Labute approximate surface area is 221 Å². The number of benzene rings is 3. The fourth-order valence-corrected chi connectivity index (χ4v) is 5.46. The topological polar surface area (TPSA) is 65.8 Å². The molecule has 3 aromatic carbocycles. The molecule has 0 saturated carbocycles. The molecule has 0 unspecified atom stereocenters. The number of aryl methyl sites for hydroxylation is 1. The summed E-state index contributed by atoms with van der Waals surface area (Å²) in [5.41, 5.74) is 3.63. The lowest BCUT2D eigenvalue weighted by molar-refractivity contribution is 0.388. The highest BCUT2D eigenvalue weighted by atomic mass is 79.9. The van der Waals surface area contributed by atoms with E-state index in [0.717, 1.165) is 21.2 Å².